The van der Waals surface area contributed by atoms with Gasteiger partial charge < -0.3 is 10.1 Å². The van der Waals surface area contributed by atoms with Crippen LogP contribution in [-0.2, 0) is 0 Å². The van der Waals surface area contributed by atoms with Crippen molar-refractivity contribution in [2.45, 2.75) is 6.92 Å². The van der Waals surface area contributed by atoms with Crippen LogP contribution in [0.5, 0.6) is 11.5 Å². The molecule has 0 aliphatic rings. The van der Waals surface area contributed by atoms with E-state index in [1.165, 1.54) is 0 Å². The van der Waals surface area contributed by atoms with Crippen molar-refractivity contribution in [2.24, 2.45) is 0 Å². The van der Waals surface area contributed by atoms with E-state index >= 15 is 0 Å². The number of benzene rings is 1. The first kappa shape index (κ1) is 13.4. The molecule has 0 saturated carbocycles. The SMILES string of the molecule is CCNc1cncc(Oc2ccc(Br)cc2Br)c1. The van der Waals surface area contributed by atoms with Crippen molar-refractivity contribution in [3.63, 3.8) is 0 Å². The highest BCUT2D eigenvalue weighted by Crippen LogP contribution is 2.32. The molecular formula is C13H12Br2N2O. The molecule has 1 aromatic heterocycles. The first-order valence-corrected chi connectivity index (χ1v) is 7.09. The molecule has 3 nitrogen and oxygen atoms in total. The van der Waals surface area contributed by atoms with Crippen LogP contribution in [-0.4, -0.2) is 11.5 Å². The lowest BCUT2D eigenvalue weighted by atomic mass is 10.3. The summed E-state index contributed by atoms with van der Waals surface area (Å²) in [7, 11) is 0. The van der Waals surface area contributed by atoms with Gasteiger partial charge in [-0.05, 0) is 41.1 Å². The summed E-state index contributed by atoms with van der Waals surface area (Å²) < 4.78 is 7.68. The van der Waals surface area contributed by atoms with E-state index in [0.717, 1.165) is 26.9 Å². The Labute approximate surface area is 123 Å². The average molecular weight is 372 g/mol. The number of hydrogen-bond acceptors (Lipinski definition) is 3. The molecule has 0 aliphatic carbocycles. The maximum absolute atomic E-state index is 5.78. The van der Waals surface area contributed by atoms with Crippen molar-refractivity contribution in [1.29, 1.82) is 0 Å². The van der Waals surface area contributed by atoms with Crippen LogP contribution in [0.4, 0.5) is 5.69 Å². The second-order valence-electron chi connectivity index (χ2n) is 3.62. The van der Waals surface area contributed by atoms with Crippen molar-refractivity contribution in [3.8, 4) is 11.5 Å². The second kappa shape index (κ2) is 6.20. The van der Waals surface area contributed by atoms with E-state index in [4.69, 9.17) is 4.74 Å². The van der Waals surface area contributed by atoms with E-state index in [2.05, 4.69) is 42.2 Å². The standard InChI is InChI=1S/C13H12Br2N2O/c1-2-17-10-6-11(8-16-7-10)18-13-4-3-9(14)5-12(13)15/h3-8,17H,2H2,1H3. The van der Waals surface area contributed by atoms with E-state index in [-0.39, 0.29) is 0 Å². The van der Waals surface area contributed by atoms with Crippen LogP contribution in [0.15, 0.2) is 45.6 Å². The molecule has 1 N–H and O–H groups in total. The number of rotatable bonds is 4. The summed E-state index contributed by atoms with van der Waals surface area (Å²) in [4.78, 5) is 4.13. The average Bonchev–Trinajstić information content (AvgIpc) is 2.34. The van der Waals surface area contributed by atoms with Crippen molar-refractivity contribution >= 4 is 37.5 Å². The fourth-order valence-corrected chi connectivity index (χ4v) is 2.59. The van der Waals surface area contributed by atoms with Gasteiger partial charge in [-0.15, -0.1) is 0 Å². The lowest BCUT2D eigenvalue weighted by Gasteiger charge is -2.09. The molecule has 0 aliphatic heterocycles. The van der Waals surface area contributed by atoms with Crippen molar-refractivity contribution < 1.29 is 4.74 Å². The molecule has 0 spiro atoms. The highest BCUT2D eigenvalue weighted by atomic mass is 79.9. The Kier molecular flexibility index (Phi) is 4.60. The molecule has 1 aromatic carbocycles. The van der Waals surface area contributed by atoms with Gasteiger partial charge in [-0.2, -0.15) is 0 Å². The third-order valence-corrected chi connectivity index (χ3v) is 3.33. The third kappa shape index (κ3) is 3.46. The van der Waals surface area contributed by atoms with Crippen molar-refractivity contribution in [2.75, 3.05) is 11.9 Å². The number of ether oxygens (including phenoxy) is 1. The molecule has 0 bridgehead atoms. The Hall–Kier alpha value is -1.07. The summed E-state index contributed by atoms with van der Waals surface area (Å²) in [5.74, 6) is 1.46. The van der Waals surface area contributed by atoms with Gasteiger partial charge in [0, 0.05) is 17.1 Å². The largest absolute Gasteiger partial charge is 0.454 e. The van der Waals surface area contributed by atoms with Gasteiger partial charge in [-0.3, -0.25) is 4.98 Å². The lowest BCUT2D eigenvalue weighted by Crippen LogP contribution is -1.97. The molecule has 5 heteroatoms. The van der Waals surface area contributed by atoms with Crippen LogP contribution in [0.2, 0.25) is 0 Å². The fraction of sp³-hybridized carbons (Fsp3) is 0.154. The summed E-state index contributed by atoms with van der Waals surface area (Å²) in [6.07, 6.45) is 3.46. The number of nitrogens with zero attached hydrogens (tertiary/aromatic N) is 1. The van der Waals surface area contributed by atoms with Gasteiger partial charge in [0.15, 0.2) is 0 Å². The zero-order chi connectivity index (χ0) is 13.0. The number of pyridine rings is 1. The number of anilines is 1. The highest BCUT2D eigenvalue weighted by molar-refractivity contribution is 9.11. The lowest BCUT2D eigenvalue weighted by molar-refractivity contribution is 0.477. The Balaban J connectivity index is 2.20. The summed E-state index contributed by atoms with van der Waals surface area (Å²) in [6, 6.07) is 7.69. The molecule has 0 unspecified atom stereocenters. The van der Waals surface area contributed by atoms with Crippen LogP contribution in [0.25, 0.3) is 0 Å². The van der Waals surface area contributed by atoms with Gasteiger partial charge >= 0.3 is 0 Å². The van der Waals surface area contributed by atoms with Crippen LogP contribution >= 0.6 is 31.9 Å². The van der Waals surface area contributed by atoms with E-state index in [1.807, 2.05) is 31.2 Å². The molecule has 2 aromatic rings. The van der Waals surface area contributed by atoms with Gasteiger partial charge in [-0.25, -0.2) is 0 Å². The molecule has 0 radical (unpaired) electrons. The number of hydrogen-bond donors (Lipinski definition) is 1. The minimum absolute atomic E-state index is 0.705. The van der Waals surface area contributed by atoms with E-state index < -0.39 is 0 Å². The van der Waals surface area contributed by atoms with Crippen LogP contribution in [0.1, 0.15) is 6.92 Å². The van der Waals surface area contributed by atoms with Gasteiger partial charge in [-0.1, -0.05) is 15.9 Å². The normalized spacial score (nSPS) is 10.2. The molecule has 94 valence electrons. The monoisotopic (exact) mass is 370 g/mol. The second-order valence-corrected chi connectivity index (χ2v) is 5.39. The van der Waals surface area contributed by atoms with Crippen molar-refractivity contribution in [1.82, 2.24) is 4.98 Å². The number of nitrogens with one attached hydrogen (secondary N) is 1. The Morgan fingerprint density at radius 3 is 2.78 bits per heavy atom. The molecular weight excluding hydrogens is 360 g/mol. The fourth-order valence-electron chi connectivity index (χ4n) is 1.46. The quantitative estimate of drug-likeness (QED) is 0.835. The molecule has 2 rings (SSSR count). The van der Waals surface area contributed by atoms with E-state index in [0.29, 0.717) is 5.75 Å². The Morgan fingerprint density at radius 2 is 2.06 bits per heavy atom. The maximum Gasteiger partial charge on any atom is 0.147 e. The molecule has 1 heterocycles. The first-order valence-electron chi connectivity index (χ1n) is 5.51. The predicted molar refractivity (Wildman–Crippen MR) is 80.3 cm³/mol. The van der Waals surface area contributed by atoms with E-state index in [1.54, 1.807) is 12.4 Å². The molecule has 0 amide bonds. The zero-order valence-electron chi connectivity index (χ0n) is 9.78. The summed E-state index contributed by atoms with van der Waals surface area (Å²) >= 11 is 6.87. The Morgan fingerprint density at radius 1 is 1.22 bits per heavy atom. The highest BCUT2D eigenvalue weighted by Gasteiger charge is 2.04. The van der Waals surface area contributed by atoms with Gasteiger partial charge in [0.25, 0.3) is 0 Å². The van der Waals surface area contributed by atoms with Crippen LogP contribution in [0.3, 0.4) is 0 Å². The van der Waals surface area contributed by atoms with Gasteiger partial charge in [0.05, 0.1) is 22.6 Å². The van der Waals surface area contributed by atoms with E-state index in [9.17, 15) is 0 Å². The number of aromatic nitrogens is 1. The zero-order valence-corrected chi connectivity index (χ0v) is 13.0. The molecule has 18 heavy (non-hydrogen) atoms. The third-order valence-electron chi connectivity index (χ3n) is 2.22. The predicted octanol–water partition coefficient (Wildman–Crippen LogP) is 4.83. The van der Waals surface area contributed by atoms with Gasteiger partial charge in [0.2, 0.25) is 0 Å². The minimum atomic E-state index is 0.705. The smallest absolute Gasteiger partial charge is 0.147 e. The maximum atomic E-state index is 5.78. The topological polar surface area (TPSA) is 34.2 Å². The summed E-state index contributed by atoms with van der Waals surface area (Å²) in [5.41, 5.74) is 0.947. The van der Waals surface area contributed by atoms with Gasteiger partial charge in [0.1, 0.15) is 11.5 Å². The van der Waals surface area contributed by atoms with Crippen LogP contribution in [0, 0.1) is 0 Å². The number of halogens is 2. The van der Waals surface area contributed by atoms with Crippen LogP contribution < -0.4 is 10.1 Å². The van der Waals surface area contributed by atoms with Crippen molar-refractivity contribution in [3.05, 3.63) is 45.6 Å². The summed E-state index contributed by atoms with van der Waals surface area (Å²) in [6.45, 7) is 2.89. The molecule has 0 saturated heterocycles. The first-order chi connectivity index (χ1) is 8.69. The summed E-state index contributed by atoms with van der Waals surface area (Å²) in [5, 5.41) is 3.20. The Bertz CT molecular complexity index is 546. The molecule has 0 atom stereocenters. The minimum Gasteiger partial charge on any atom is -0.454 e. The molecule has 0 fully saturated rings.